The number of rotatable bonds is 4. The summed E-state index contributed by atoms with van der Waals surface area (Å²) in [6, 6.07) is 2.49. The molecule has 0 bridgehead atoms. The second-order valence-electron chi connectivity index (χ2n) is 6.96. The standard InChI is InChI=1S/C18H23N5/c1-3-15(18(2)7-4-5-8-18)23-11-13(10-22-23)16-14-6-9-19-17(14)21-12-20-16/h6,9-12,15H,3-5,7-8H2,1-2H3,(H,19,20,21). The van der Waals surface area contributed by atoms with E-state index in [1.165, 1.54) is 25.7 Å². The minimum Gasteiger partial charge on any atom is -0.346 e. The zero-order chi connectivity index (χ0) is 15.9. The number of fused-ring (bicyclic) bond motifs is 1. The van der Waals surface area contributed by atoms with Crippen molar-refractivity contribution < 1.29 is 0 Å². The van der Waals surface area contributed by atoms with Crippen LogP contribution >= 0.6 is 0 Å². The van der Waals surface area contributed by atoms with Gasteiger partial charge in [0.15, 0.2) is 0 Å². The highest BCUT2D eigenvalue weighted by Crippen LogP contribution is 2.47. The largest absolute Gasteiger partial charge is 0.346 e. The Labute approximate surface area is 136 Å². The summed E-state index contributed by atoms with van der Waals surface area (Å²) in [6.45, 7) is 4.69. The maximum absolute atomic E-state index is 4.69. The van der Waals surface area contributed by atoms with E-state index in [4.69, 9.17) is 5.10 Å². The Morgan fingerprint density at radius 2 is 2.13 bits per heavy atom. The van der Waals surface area contributed by atoms with Crippen LogP contribution in [-0.2, 0) is 0 Å². The first-order chi connectivity index (χ1) is 11.2. The summed E-state index contributed by atoms with van der Waals surface area (Å²) in [5, 5.41) is 5.74. The van der Waals surface area contributed by atoms with E-state index in [1.807, 2.05) is 18.5 Å². The Kier molecular flexibility index (Phi) is 3.43. The van der Waals surface area contributed by atoms with Crippen LogP contribution in [0.1, 0.15) is 52.0 Å². The Bertz CT molecular complexity index is 810. The molecule has 3 heterocycles. The highest BCUT2D eigenvalue weighted by molar-refractivity contribution is 5.89. The molecule has 0 amide bonds. The van der Waals surface area contributed by atoms with Gasteiger partial charge in [0, 0.05) is 23.3 Å². The van der Waals surface area contributed by atoms with Gasteiger partial charge in [0.05, 0.1) is 17.9 Å². The molecule has 0 aromatic carbocycles. The van der Waals surface area contributed by atoms with Crippen LogP contribution in [0.25, 0.3) is 22.3 Å². The molecule has 3 aromatic heterocycles. The van der Waals surface area contributed by atoms with Crippen LogP contribution in [0.3, 0.4) is 0 Å². The Balaban J connectivity index is 1.72. The van der Waals surface area contributed by atoms with Crippen LogP contribution in [0.4, 0.5) is 0 Å². The van der Waals surface area contributed by atoms with E-state index in [2.05, 4.69) is 39.7 Å². The van der Waals surface area contributed by atoms with E-state index >= 15 is 0 Å². The van der Waals surface area contributed by atoms with Gasteiger partial charge in [-0.1, -0.05) is 26.7 Å². The van der Waals surface area contributed by atoms with Crippen molar-refractivity contribution >= 4 is 11.0 Å². The van der Waals surface area contributed by atoms with Crippen LogP contribution in [0.15, 0.2) is 31.0 Å². The van der Waals surface area contributed by atoms with Crippen LogP contribution in [0, 0.1) is 5.41 Å². The second kappa shape index (κ2) is 5.48. The summed E-state index contributed by atoms with van der Waals surface area (Å²) in [5.41, 5.74) is 3.26. The van der Waals surface area contributed by atoms with Crippen LogP contribution in [-0.4, -0.2) is 24.7 Å². The molecule has 1 unspecified atom stereocenters. The van der Waals surface area contributed by atoms with Crippen molar-refractivity contribution in [2.24, 2.45) is 5.41 Å². The van der Waals surface area contributed by atoms with Crippen molar-refractivity contribution in [1.29, 1.82) is 0 Å². The normalized spacial score (nSPS) is 18.5. The maximum atomic E-state index is 4.69. The van der Waals surface area contributed by atoms with Gasteiger partial charge >= 0.3 is 0 Å². The fourth-order valence-electron chi connectivity index (χ4n) is 4.25. The van der Waals surface area contributed by atoms with Gasteiger partial charge in [0.2, 0.25) is 0 Å². The summed E-state index contributed by atoms with van der Waals surface area (Å²) >= 11 is 0. The molecular weight excluding hydrogens is 286 g/mol. The van der Waals surface area contributed by atoms with E-state index in [1.54, 1.807) is 6.33 Å². The first-order valence-electron chi connectivity index (χ1n) is 8.54. The number of hydrogen-bond donors (Lipinski definition) is 1. The molecule has 5 nitrogen and oxygen atoms in total. The molecule has 23 heavy (non-hydrogen) atoms. The molecule has 1 aliphatic rings. The molecule has 1 aliphatic carbocycles. The summed E-state index contributed by atoms with van der Waals surface area (Å²) in [5.74, 6) is 0. The summed E-state index contributed by atoms with van der Waals surface area (Å²) in [6.07, 6.45) is 14.0. The smallest absolute Gasteiger partial charge is 0.141 e. The quantitative estimate of drug-likeness (QED) is 0.779. The van der Waals surface area contributed by atoms with Crippen LogP contribution in [0.5, 0.6) is 0 Å². The number of hydrogen-bond acceptors (Lipinski definition) is 3. The van der Waals surface area contributed by atoms with E-state index in [0.29, 0.717) is 11.5 Å². The third-order valence-electron chi connectivity index (χ3n) is 5.49. The molecule has 3 aromatic rings. The lowest BCUT2D eigenvalue weighted by molar-refractivity contribution is 0.177. The molecule has 0 radical (unpaired) electrons. The number of nitrogens with one attached hydrogen (secondary N) is 1. The fraction of sp³-hybridized carbons (Fsp3) is 0.500. The Morgan fingerprint density at radius 1 is 1.30 bits per heavy atom. The van der Waals surface area contributed by atoms with Crippen molar-refractivity contribution in [3.05, 3.63) is 31.0 Å². The highest BCUT2D eigenvalue weighted by atomic mass is 15.3. The van der Waals surface area contributed by atoms with Gasteiger partial charge in [-0.2, -0.15) is 5.10 Å². The lowest BCUT2D eigenvalue weighted by Gasteiger charge is -2.33. The fourth-order valence-corrected chi connectivity index (χ4v) is 4.25. The number of aromatic amines is 1. The van der Waals surface area contributed by atoms with E-state index < -0.39 is 0 Å². The van der Waals surface area contributed by atoms with Gasteiger partial charge in [-0.15, -0.1) is 0 Å². The van der Waals surface area contributed by atoms with Crippen LogP contribution in [0.2, 0.25) is 0 Å². The third-order valence-corrected chi connectivity index (χ3v) is 5.49. The zero-order valence-corrected chi connectivity index (χ0v) is 13.8. The first kappa shape index (κ1) is 14.4. The minimum atomic E-state index is 0.368. The molecule has 1 atom stereocenters. The second-order valence-corrected chi connectivity index (χ2v) is 6.96. The van der Waals surface area contributed by atoms with Gasteiger partial charge in [-0.05, 0) is 30.7 Å². The number of H-pyrrole nitrogens is 1. The summed E-state index contributed by atoms with van der Waals surface area (Å²) < 4.78 is 2.17. The van der Waals surface area contributed by atoms with Gasteiger partial charge < -0.3 is 4.98 Å². The molecule has 0 saturated heterocycles. The molecule has 0 aliphatic heterocycles. The molecule has 0 spiro atoms. The molecule has 5 heteroatoms. The molecule has 4 rings (SSSR count). The average molecular weight is 309 g/mol. The van der Waals surface area contributed by atoms with Crippen molar-refractivity contribution in [2.75, 3.05) is 0 Å². The topological polar surface area (TPSA) is 59.4 Å². The van der Waals surface area contributed by atoms with Gasteiger partial charge in [-0.25, -0.2) is 9.97 Å². The van der Waals surface area contributed by atoms with Crippen LogP contribution < -0.4 is 0 Å². The van der Waals surface area contributed by atoms with Gasteiger partial charge in [-0.3, -0.25) is 4.68 Å². The molecule has 120 valence electrons. The van der Waals surface area contributed by atoms with E-state index in [9.17, 15) is 0 Å². The maximum Gasteiger partial charge on any atom is 0.141 e. The Hall–Kier alpha value is -2.17. The predicted molar refractivity (Wildman–Crippen MR) is 91.0 cm³/mol. The number of aromatic nitrogens is 5. The lowest BCUT2D eigenvalue weighted by atomic mass is 9.79. The van der Waals surface area contributed by atoms with E-state index in [0.717, 1.165) is 28.7 Å². The van der Waals surface area contributed by atoms with Crippen molar-refractivity contribution in [1.82, 2.24) is 24.7 Å². The lowest BCUT2D eigenvalue weighted by Crippen LogP contribution is -2.27. The predicted octanol–water partition coefficient (Wildman–Crippen LogP) is 4.35. The summed E-state index contributed by atoms with van der Waals surface area (Å²) in [7, 11) is 0. The van der Waals surface area contributed by atoms with E-state index in [-0.39, 0.29) is 0 Å². The average Bonchev–Trinajstić information content (AvgIpc) is 3.27. The highest BCUT2D eigenvalue weighted by Gasteiger charge is 2.37. The van der Waals surface area contributed by atoms with Crippen molar-refractivity contribution in [2.45, 2.75) is 52.0 Å². The monoisotopic (exact) mass is 309 g/mol. The van der Waals surface area contributed by atoms with Gasteiger partial charge in [0.1, 0.15) is 12.0 Å². The van der Waals surface area contributed by atoms with Crippen molar-refractivity contribution in [3.8, 4) is 11.3 Å². The Morgan fingerprint density at radius 3 is 2.91 bits per heavy atom. The first-order valence-corrected chi connectivity index (χ1v) is 8.54. The molecule has 1 fully saturated rings. The molecule has 1 saturated carbocycles. The number of nitrogens with zero attached hydrogens (tertiary/aromatic N) is 4. The van der Waals surface area contributed by atoms with Gasteiger partial charge in [0.25, 0.3) is 0 Å². The van der Waals surface area contributed by atoms with Crippen molar-refractivity contribution in [3.63, 3.8) is 0 Å². The summed E-state index contributed by atoms with van der Waals surface area (Å²) in [4.78, 5) is 11.9. The minimum absolute atomic E-state index is 0.368. The molecular formula is C18H23N5. The third kappa shape index (κ3) is 2.35. The SMILES string of the molecule is CCC(n1cc(-c2ncnc3[nH]ccc23)cn1)C1(C)CCCC1. The molecule has 1 N–H and O–H groups in total. The zero-order valence-electron chi connectivity index (χ0n) is 13.8.